The van der Waals surface area contributed by atoms with Crippen molar-refractivity contribution in [2.45, 2.75) is 26.3 Å². The maximum atomic E-state index is 5.70. The highest BCUT2D eigenvalue weighted by Gasteiger charge is 2.10. The van der Waals surface area contributed by atoms with E-state index >= 15 is 0 Å². The Bertz CT molecular complexity index is 425. The lowest BCUT2D eigenvalue weighted by molar-refractivity contribution is 0.294. The Hall–Kier alpha value is -0.780. The van der Waals surface area contributed by atoms with E-state index in [0.29, 0.717) is 6.61 Å². The molecule has 0 radical (unpaired) electrons. The maximum absolute atomic E-state index is 5.70. The van der Waals surface area contributed by atoms with Gasteiger partial charge in [-0.2, -0.15) is 0 Å². The van der Waals surface area contributed by atoms with Crippen molar-refractivity contribution in [3.05, 3.63) is 22.2 Å². The van der Waals surface area contributed by atoms with Crippen LogP contribution in [0.3, 0.4) is 0 Å². The van der Waals surface area contributed by atoms with E-state index in [4.69, 9.17) is 9.47 Å². The van der Waals surface area contributed by atoms with Gasteiger partial charge in [-0.25, -0.2) is 0 Å². The van der Waals surface area contributed by atoms with E-state index in [0.717, 1.165) is 48.4 Å². The van der Waals surface area contributed by atoms with Crippen molar-refractivity contribution < 1.29 is 9.47 Å². The molecule has 5 heteroatoms. The van der Waals surface area contributed by atoms with Crippen LogP contribution in [0.25, 0.3) is 0 Å². The molecule has 0 aliphatic rings. The summed E-state index contributed by atoms with van der Waals surface area (Å²) in [5, 5.41) is 3.46. The molecule has 0 bridgehead atoms. The highest BCUT2D eigenvalue weighted by molar-refractivity contribution is 9.10. The highest BCUT2D eigenvalue weighted by Crippen LogP contribution is 2.33. The van der Waals surface area contributed by atoms with E-state index in [2.05, 4.69) is 47.2 Å². The van der Waals surface area contributed by atoms with E-state index in [1.54, 1.807) is 7.11 Å². The van der Waals surface area contributed by atoms with Crippen molar-refractivity contribution in [2.75, 3.05) is 40.9 Å². The topological polar surface area (TPSA) is 33.7 Å². The quantitative estimate of drug-likeness (QED) is 0.650. The monoisotopic (exact) mass is 358 g/mol. The molecular weight excluding hydrogens is 332 g/mol. The van der Waals surface area contributed by atoms with Crippen LogP contribution < -0.4 is 14.8 Å². The number of ether oxygens (including phenoxy) is 2. The molecule has 0 aromatic heterocycles. The predicted octanol–water partition coefficient (Wildman–Crippen LogP) is 3.29. The second kappa shape index (κ2) is 10.0. The molecular formula is C16H27BrN2O2. The summed E-state index contributed by atoms with van der Waals surface area (Å²) in [4.78, 5) is 2.19. The molecule has 120 valence electrons. The van der Waals surface area contributed by atoms with Crippen LogP contribution >= 0.6 is 15.9 Å². The fourth-order valence-electron chi connectivity index (χ4n) is 1.94. The number of hydrogen-bond acceptors (Lipinski definition) is 4. The van der Waals surface area contributed by atoms with Crippen LogP contribution in [0.1, 0.15) is 25.3 Å². The van der Waals surface area contributed by atoms with Gasteiger partial charge < -0.3 is 19.7 Å². The Morgan fingerprint density at radius 1 is 1.24 bits per heavy atom. The van der Waals surface area contributed by atoms with Gasteiger partial charge in [-0.1, -0.05) is 22.9 Å². The van der Waals surface area contributed by atoms with Gasteiger partial charge in [0.05, 0.1) is 13.7 Å². The number of benzene rings is 1. The minimum atomic E-state index is 0.699. The summed E-state index contributed by atoms with van der Waals surface area (Å²) in [5.74, 6) is 1.58. The third-order valence-electron chi connectivity index (χ3n) is 3.07. The van der Waals surface area contributed by atoms with Gasteiger partial charge in [0.15, 0.2) is 11.5 Å². The Balaban J connectivity index is 2.58. The van der Waals surface area contributed by atoms with E-state index < -0.39 is 0 Å². The van der Waals surface area contributed by atoms with Crippen LogP contribution in [0.5, 0.6) is 11.5 Å². The Labute approximate surface area is 136 Å². The average Bonchev–Trinajstić information content (AvgIpc) is 2.46. The highest BCUT2D eigenvalue weighted by atomic mass is 79.9. The summed E-state index contributed by atoms with van der Waals surface area (Å²) in [6, 6.07) is 4.03. The number of methoxy groups -OCH3 is 1. The van der Waals surface area contributed by atoms with Crippen LogP contribution in [-0.4, -0.2) is 45.8 Å². The molecule has 0 saturated carbocycles. The number of hydrogen-bond donors (Lipinski definition) is 1. The van der Waals surface area contributed by atoms with Crippen LogP contribution in [0.4, 0.5) is 0 Å². The van der Waals surface area contributed by atoms with Crippen LogP contribution in [-0.2, 0) is 6.54 Å². The van der Waals surface area contributed by atoms with Gasteiger partial charge in [0.1, 0.15) is 0 Å². The van der Waals surface area contributed by atoms with Gasteiger partial charge in [0.25, 0.3) is 0 Å². The predicted molar refractivity (Wildman–Crippen MR) is 91.4 cm³/mol. The molecule has 0 fully saturated rings. The van der Waals surface area contributed by atoms with E-state index in [9.17, 15) is 0 Å². The molecule has 21 heavy (non-hydrogen) atoms. The second-order valence-electron chi connectivity index (χ2n) is 5.28. The third kappa shape index (κ3) is 6.68. The van der Waals surface area contributed by atoms with E-state index in [-0.39, 0.29) is 0 Å². The third-order valence-corrected chi connectivity index (χ3v) is 3.81. The number of halogens is 1. The van der Waals surface area contributed by atoms with Gasteiger partial charge in [0.2, 0.25) is 0 Å². The first kappa shape index (κ1) is 18.3. The number of nitrogens with zero attached hydrogens (tertiary/aromatic N) is 1. The lowest BCUT2D eigenvalue weighted by atomic mass is 10.2. The fourth-order valence-corrected chi connectivity index (χ4v) is 2.40. The molecule has 0 heterocycles. The summed E-state index contributed by atoms with van der Waals surface area (Å²) in [6.07, 6.45) is 2.12. The minimum absolute atomic E-state index is 0.699. The van der Waals surface area contributed by atoms with Gasteiger partial charge in [-0.05, 0) is 57.7 Å². The summed E-state index contributed by atoms with van der Waals surface area (Å²) >= 11 is 3.61. The van der Waals surface area contributed by atoms with Gasteiger partial charge in [-0.3, -0.25) is 0 Å². The van der Waals surface area contributed by atoms with Crippen molar-refractivity contribution in [1.82, 2.24) is 10.2 Å². The van der Waals surface area contributed by atoms with Crippen LogP contribution in [0.2, 0.25) is 0 Å². The zero-order valence-electron chi connectivity index (χ0n) is 13.5. The van der Waals surface area contributed by atoms with Crippen molar-refractivity contribution >= 4 is 15.9 Å². The first-order valence-corrected chi connectivity index (χ1v) is 8.22. The zero-order chi connectivity index (χ0) is 15.7. The summed E-state index contributed by atoms with van der Waals surface area (Å²) in [6.45, 7) is 5.71. The summed E-state index contributed by atoms with van der Waals surface area (Å²) < 4.78 is 12.2. The fraction of sp³-hybridized carbons (Fsp3) is 0.625. The first-order chi connectivity index (χ1) is 10.1. The average molecular weight is 359 g/mol. The van der Waals surface area contributed by atoms with Gasteiger partial charge in [-0.15, -0.1) is 0 Å². The molecule has 4 nitrogen and oxygen atoms in total. The summed E-state index contributed by atoms with van der Waals surface area (Å²) in [5.41, 5.74) is 1.18. The molecule has 0 amide bonds. The standard InChI is InChI=1S/C16H27BrN2O2/c1-5-9-21-16-11-14(17)13(10-15(16)20-4)12-18-7-6-8-19(2)3/h10-11,18H,5-9,12H2,1-4H3. The van der Waals surface area contributed by atoms with Crippen molar-refractivity contribution in [2.24, 2.45) is 0 Å². The minimum Gasteiger partial charge on any atom is -0.493 e. The molecule has 0 spiro atoms. The molecule has 1 rings (SSSR count). The smallest absolute Gasteiger partial charge is 0.162 e. The van der Waals surface area contributed by atoms with E-state index in [1.165, 1.54) is 5.56 Å². The SMILES string of the molecule is CCCOc1cc(Br)c(CNCCCN(C)C)cc1OC. The largest absolute Gasteiger partial charge is 0.493 e. The van der Waals surface area contributed by atoms with Crippen molar-refractivity contribution in [1.29, 1.82) is 0 Å². The van der Waals surface area contributed by atoms with Crippen LogP contribution in [0, 0.1) is 0 Å². The molecule has 0 unspecified atom stereocenters. The molecule has 1 aromatic carbocycles. The maximum Gasteiger partial charge on any atom is 0.162 e. The number of rotatable bonds is 10. The van der Waals surface area contributed by atoms with Gasteiger partial charge in [0, 0.05) is 11.0 Å². The lowest BCUT2D eigenvalue weighted by Gasteiger charge is -2.14. The lowest BCUT2D eigenvalue weighted by Crippen LogP contribution is -2.21. The zero-order valence-corrected chi connectivity index (χ0v) is 15.1. The molecule has 1 N–H and O–H groups in total. The number of nitrogens with one attached hydrogen (secondary N) is 1. The Morgan fingerprint density at radius 2 is 2.00 bits per heavy atom. The Kier molecular flexibility index (Phi) is 8.73. The van der Waals surface area contributed by atoms with Crippen molar-refractivity contribution in [3.8, 4) is 11.5 Å². The summed E-state index contributed by atoms with van der Waals surface area (Å²) in [7, 11) is 5.86. The normalized spacial score (nSPS) is 11.0. The van der Waals surface area contributed by atoms with E-state index in [1.807, 2.05) is 12.1 Å². The second-order valence-corrected chi connectivity index (χ2v) is 6.13. The first-order valence-electron chi connectivity index (χ1n) is 7.43. The van der Waals surface area contributed by atoms with Crippen molar-refractivity contribution in [3.63, 3.8) is 0 Å². The van der Waals surface area contributed by atoms with Crippen LogP contribution in [0.15, 0.2) is 16.6 Å². The molecule has 0 atom stereocenters. The molecule has 0 aliphatic heterocycles. The molecule has 0 saturated heterocycles. The molecule has 1 aromatic rings. The van der Waals surface area contributed by atoms with Gasteiger partial charge >= 0.3 is 0 Å². The molecule has 0 aliphatic carbocycles. The Morgan fingerprint density at radius 3 is 2.62 bits per heavy atom.